The highest BCUT2D eigenvalue weighted by molar-refractivity contribution is 5.92. The lowest BCUT2D eigenvalue weighted by Crippen LogP contribution is -2.37. The van der Waals surface area contributed by atoms with E-state index < -0.39 is 0 Å². The standard InChI is InChI=1S/C22H32N4O/c1-15(2)18-10-9-16(3)13-19(18)22(27)24-21-14-20(25-26(21)12-11-23)17-7-5-4-6-8-17/h4-8,14-16,18-19H,9-13,23H2,1-3H3,(H,24,27)/t16-,18+,19+/m0/s1. The van der Waals surface area contributed by atoms with E-state index in [0.29, 0.717) is 30.8 Å². The third kappa shape index (κ3) is 4.59. The van der Waals surface area contributed by atoms with E-state index in [1.807, 2.05) is 41.1 Å². The summed E-state index contributed by atoms with van der Waals surface area (Å²) >= 11 is 0. The lowest BCUT2D eigenvalue weighted by Gasteiger charge is -2.36. The summed E-state index contributed by atoms with van der Waals surface area (Å²) in [7, 11) is 0. The molecule has 2 aromatic rings. The number of hydrogen-bond donors (Lipinski definition) is 2. The van der Waals surface area contributed by atoms with Crippen molar-refractivity contribution < 1.29 is 4.79 Å². The average Bonchev–Trinajstić information content (AvgIpc) is 3.05. The van der Waals surface area contributed by atoms with Crippen molar-refractivity contribution in [3.63, 3.8) is 0 Å². The van der Waals surface area contributed by atoms with Gasteiger partial charge >= 0.3 is 0 Å². The molecule has 0 bridgehead atoms. The fraction of sp³-hybridized carbons (Fsp3) is 0.545. The maximum atomic E-state index is 13.1. The zero-order chi connectivity index (χ0) is 19.4. The molecule has 1 aromatic carbocycles. The smallest absolute Gasteiger partial charge is 0.228 e. The number of anilines is 1. The van der Waals surface area contributed by atoms with Crippen molar-refractivity contribution >= 4 is 11.7 Å². The Labute approximate surface area is 162 Å². The number of nitrogens with two attached hydrogens (primary N) is 1. The Morgan fingerprint density at radius 2 is 2.04 bits per heavy atom. The molecule has 0 saturated heterocycles. The molecule has 5 nitrogen and oxygen atoms in total. The number of carbonyl (C=O) groups excluding carboxylic acids is 1. The topological polar surface area (TPSA) is 72.9 Å². The van der Waals surface area contributed by atoms with Crippen molar-refractivity contribution in [2.75, 3.05) is 11.9 Å². The molecule has 146 valence electrons. The van der Waals surface area contributed by atoms with Gasteiger partial charge in [-0.15, -0.1) is 0 Å². The lowest BCUT2D eigenvalue weighted by atomic mass is 9.70. The van der Waals surface area contributed by atoms with E-state index in [2.05, 4.69) is 31.2 Å². The summed E-state index contributed by atoms with van der Waals surface area (Å²) in [5.74, 6) is 2.49. The van der Waals surface area contributed by atoms with Crippen LogP contribution in [0.1, 0.15) is 40.0 Å². The third-order valence-electron chi connectivity index (χ3n) is 5.80. The molecular formula is C22H32N4O. The van der Waals surface area contributed by atoms with Crippen LogP contribution in [0.4, 0.5) is 5.82 Å². The molecule has 1 aliphatic rings. The van der Waals surface area contributed by atoms with E-state index in [1.165, 1.54) is 6.42 Å². The van der Waals surface area contributed by atoms with Crippen LogP contribution in [-0.4, -0.2) is 22.2 Å². The molecule has 3 rings (SSSR count). The number of hydrogen-bond acceptors (Lipinski definition) is 3. The summed E-state index contributed by atoms with van der Waals surface area (Å²) in [6.45, 7) is 7.77. The molecule has 3 atom stereocenters. The van der Waals surface area contributed by atoms with Gasteiger partial charge in [-0.05, 0) is 30.6 Å². The Balaban J connectivity index is 1.83. The Morgan fingerprint density at radius 1 is 1.30 bits per heavy atom. The first-order valence-corrected chi connectivity index (χ1v) is 10.1. The number of amides is 1. The van der Waals surface area contributed by atoms with Crippen LogP contribution in [0.5, 0.6) is 0 Å². The second-order valence-electron chi connectivity index (χ2n) is 8.21. The zero-order valence-corrected chi connectivity index (χ0v) is 16.7. The van der Waals surface area contributed by atoms with Crippen LogP contribution in [0.15, 0.2) is 36.4 Å². The van der Waals surface area contributed by atoms with E-state index in [4.69, 9.17) is 5.73 Å². The molecule has 27 heavy (non-hydrogen) atoms. The number of nitrogens with zero attached hydrogens (tertiary/aromatic N) is 2. The average molecular weight is 369 g/mol. The van der Waals surface area contributed by atoms with Crippen molar-refractivity contribution in [1.29, 1.82) is 0 Å². The summed E-state index contributed by atoms with van der Waals surface area (Å²) in [5.41, 5.74) is 7.65. The first-order chi connectivity index (χ1) is 13.0. The van der Waals surface area contributed by atoms with Gasteiger partial charge in [0.2, 0.25) is 5.91 Å². The lowest BCUT2D eigenvalue weighted by molar-refractivity contribution is -0.124. The van der Waals surface area contributed by atoms with Crippen LogP contribution < -0.4 is 11.1 Å². The van der Waals surface area contributed by atoms with Crippen LogP contribution in [0, 0.1) is 23.7 Å². The minimum Gasteiger partial charge on any atom is -0.329 e. The Morgan fingerprint density at radius 3 is 2.70 bits per heavy atom. The van der Waals surface area contributed by atoms with Crippen LogP contribution >= 0.6 is 0 Å². The quantitative estimate of drug-likeness (QED) is 0.804. The van der Waals surface area contributed by atoms with Crippen molar-refractivity contribution in [1.82, 2.24) is 9.78 Å². The van der Waals surface area contributed by atoms with E-state index in [-0.39, 0.29) is 11.8 Å². The molecule has 1 aromatic heterocycles. The summed E-state index contributed by atoms with van der Waals surface area (Å²) in [6.07, 6.45) is 3.31. The molecule has 1 saturated carbocycles. The number of rotatable bonds is 6. The van der Waals surface area contributed by atoms with Crippen molar-refractivity contribution in [3.05, 3.63) is 36.4 Å². The Kier molecular flexibility index (Phi) is 6.32. The van der Waals surface area contributed by atoms with E-state index in [1.54, 1.807) is 0 Å². The Hall–Kier alpha value is -2.14. The van der Waals surface area contributed by atoms with Crippen molar-refractivity contribution in [3.8, 4) is 11.3 Å². The van der Waals surface area contributed by atoms with Crippen LogP contribution in [0.2, 0.25) is 0 Å². The van der Waals surface area contributed by atoms with Crippen molar-refractivity contribution in [2.45, 2.75) is 46.6 Å². The SMILES string of the molecule is CC(C)[C@H]1CC[C@H](C)C[C@H]1C(=O)Nc1cc(-c2ccccc2)nn1CCN. The monoisotopic (exact) mass is 368 g/mol. The van der Waals surface area contributed by atoms with Gasteiger partial charge in [-0.2, -0.15) is 5.10 Å². The number of aromatic nitrogens is 2. The predicted octanol–water partition coefficient (Wildman–Crippen LogP) is 4.16. The minimum atomic E-state index is 0.0650. The second kappa shape index (κ2) is 8.70. The first-order valence-electron chi connectivity index (χ1n) is 10.1. The molecule has 0 spiro atoms. The van der Waals surface area contributed by atoms with E-state index >= 15 is 0 Å². The highest BCUT2D eigenvalue weighted by atomic mass is 16.2. The van der Waals surface area contributed by atoms with E-state index in [0.717, 1.165) is 29.9 Å². The summed E-state index contributed by atoms with van der Waals surface area (Å²) < 4.78 is 1.82. The normalized spacial score (nSPS) is 22.8. The second-order valence-corrected chi connectivity index (χ2v) is 8.21. The van der Waals surface area contributed by atoms with Gasteiger partial charge in [-0.1, -0.05) is 57.5 Å². The van der Waals surface area contributed by atoms with Crippen molar-refractivity contribution in [2.24, 2.45) is 29.4 Å². The maximum Gasteiger partial charge on any atom is 0.228 e. The summed E-state index contributed by atoms with van der Waals surface area (Å²) in [5, 5.41) is 7.83. The predicted molar refractivity (Wildman–Crippen MR) is 110 cm³/mol. The minimum absolute atomic E-state index is 0.0650. The fourth-order valence-electron chi connectivity index (χ4n) is 4.28. The van der Waals surface area contributed by atoms with Crippen LogP contribution in [-0.2, 0) is 11.3 Å². The van der Waals surface area contributed by atoms with Gasteiger partial charge < -0.3 is 11.1 Å². The highest BCUT2D eigenvalue weighted by Gasteiger charge is 2.35. The summed E-state index contributed by atoms with van der Waals surface area (Å²) in [6, 6.07) is 12.0. The number of benzene rings is 1. The molecule has 3 N–H and O–H groups in total. The molecule has 1 amide bonds. The first kappa shape index (κ1) is 19.6. The molecular weight excluding hydrogens is 336 g/mol. The molecule has 1 fully saturated rings. The maximum absolute atomic E-state index is 13.1. The van der Waals surface area contributed by atoms with Crippen LogP contribution in [0.25, 0.3) is 11.3 Å². The van der Waals surface area contributed by atoms with E-state index in [9.17, 15) is 4.79 Å². The van der Waals surface area contributed by atoms with Gasteiger partial charge in [0.05, 0.1) is 12.2 Å². The third-order valence-corrected chi connectivity index (χ3v) is 5.80. The van der Waals surface area contributed by atoms with Gasteiger partial charge in [0, 0.05) is 24.1 Å². The molecule has 5 heteroatoms. The van der Waals surface area contributed by atoms with Crippen LogP contribution in [0.3, 0.4) is 0 Å². The molecule has 0 radical (unpaired) electrons. The zero-order valence-electron chi connectivity index (χ0n) is 16.7. The molecule has 0 aliphatic heterocycles. The highest BCUT2D eigenvalue weighted by Crippen LogP contribution is 2.38. The molecule has 1 aliphatic carbocycles. The van der Waals surface area contributed by atoms with Gasteiger partial charge in [0.1, 0.15) is 5.82 Å². The van der Waals surface area contributed by atoms with Gasteiger partial charge in [0.15, 0.2) is 0 Å². The number of carbonyl (C=O) groups is 1. The molecule has 0 unspecified atom stereocenters. The summed E-state index contributed by atoms with van der Waals surface area (Å²) in [4.78, 5) is 13.1. The van der Waals surface area contributed by atoms with Gasteiger partial charge in [-0.25, -0.2) is 4.68 Å². The van der Waals surface area contributed by atoms with Gasteiger partial charge in [0.25, 0.3) is 0 Å². The fourth-order valence-corrected chi connectivity index (χ4v) is 4.28. The molecule has 1 heterocycles. The largest absolute Gasteiger partial charge is 0.329 e. The van der Waals surface area contributed by atoms with Gasteiger partial charge in [-0.3, -0.25) is 4.79 Å². The number of nitrogens with one attached hydrogen (secondary N) is 1. The Bertz CT molecular complexity index is 753.